The minimum Gasteiger partial charge on any atom is -0.356 e. The van der Waals surface area contributed by atoms with E-state index in [1.807, 2.05) is 35.1 Å². The van der Waals surface area contributed by atoms with Gasteiger partial charge >= 0.3 is 0 Å². The van der Waals surface area contributed by atoms with Gasteiger partial charge in [0.1, 0.15) is 0 Å². The first-order valence-electron chi connectivity index (χ1n) is 7.77. The predicted octanol–water partition coefficient (Wildman–Crippen LogP) is 2.51. The summed E-state index contributed by atoms with van der Waals surface area (Å²) in [6.07, 6.45) is 9.61. The van der Waals surface area contributed by atoms with Gasteiger partial charge in [0, 0.05) is 37.6 Å². The first-order chi connectivity index (χ1) is 11.2. The summed E-state index contributed by atoms with van der Waals surface area (Å²) in [5, 5.41) is 16.4. The molecule has 6 heteroatoms. The number of hydrogen-bond acceptors (Lipinski definition) is 4. The van der Waals surface area contributed by atoms with Gasteiger partial charge in [-0.2, -0.15) is 15.3 Å². The summed E-state index contributed by atoms with van der Waals surface area (Å²) >= 11 is 0. The number of rotatable bonds is 8. The lowest BCUT2D eigenvalue weighted by Crippen LogP contribution is -2.29. The van der Waals surface area contributed by atoms with Gasteiger partial charge in [0.25, 0.3) is 0 Å². The monoisotopic (exact) mass is 309 g/mol. The summed E-state index contributed by atoms with van der Waals surface area (Å²) in [6, 6.07) is 7.96. The zero-order valence-corrected chi connectivity index (χ0v) is 12.9. The highest BCUT2D eigenvalue weighted by molar-refractivity contribution is 5.79. The third kappa shape index (κ3) is 3.75. The molecule has 0 atom stereocenters. The second kappa shape index (κ2) is 6.61. The van der Waals surface area contributed by atoms with Gasteiger partial charge in [0.15, 0.2) is 5.66 Å². The molecule has 0 saturated heterocycles. The fraction of sp³-hybridized carbons (Fsp3) is 0.412. The zero-order chi connectivity index (χ0) is 16.1. The van der Waals surface area contributed by atoms with Crippen molar-refractivity contribution in [3.63, 3.8) is 0 Å². The highest BCUT2D eigenvalue weighted by atomic mass is 16.1. The minimum atomic E-state index is -0.335. The molecule has 2 heterocycles. The Kier molecular flexibility index (Phi) is 4.38. The summed E-state index contributed by atoms with van der Waals surface area (Å²) in [6.45, 7) is 1.13. The molecular weight excluding hydrogens is 290 g/mol. The molecule has 1 amide bonds. The van der Waals surface area contributed by atoms with Crippen molar-refractivity contribution in [2.45, 2.75) is 37.9 Å². The maximum absolute atomic E-state index is 11.9. The molecule has 3 rings (SSSR count). The number of nitrogens with zero attached hydrogens (tertiary/aromatic N) is 4. The van der Waals surface area contributed by atoms with Crippen LogP contribution in [0.3, 0.4) is 0 Å². The average molecular weight is 309 g/mol. The summed E-state index contributed by atoms with van der Waals surface area (Å²) in [5.74, 6) is 2.61. The normalized spacial score (nSPS) is 14.6. The molecule has 1 aliphatic rings. The first kappa shape index (κ1) is 15.2. The van der Waals surface area contributed by atoms with E-state index in [4.69, 9.17) is 6.42 Å². The topological polar surface area (TPSA) is 71.6 Å². The van der Waals surface area contributed by atoms with Crippen molar-refractivity contribution < 1.29 is 4.79 Å². The van der Waals surface area contributed by atoms with Crippen LogP contribution in [-0.4, -0.2) is 27.9 Å². The quantitative estimate of drug-likeness (QED) is 0.761. The van der Waals surface area contributed by atoms with Crippen LogP contribution in [0.15, 0.2) is 40.7 Å². The van der Waals surface area contributed by atoms with E-state index in [2.05, 4.69) is 26.6 Å². The molecule has 23 heavy (non-hydrogen) atoms. The van der Waals surface area contributed by atoms with Crippen molar-refractivity contribution >= 4 is 16.8 Å². The summed E-state index contributed by atoms with van der Waals surface area (Å²) in [4.78, 5) is 11.9. The average Bonchev–Trinajstić information content (AvgIpc) is 3.22. The maximum Gasteiger partial charge on any atom is 0.221 e. The number of carbonyl (C=O) groups excluding carboxylic acids is 1. The summed E-state index contributed by atoms with van der Waals surface area (Å²) < 4.78 is 1.86. The van der Waals surface area contributed by atoms with Crippen LogP contribution in [0.4, 0.5) is 0 Å². The second-order valence-corrected chi connectivity index (χ2v) is 5.66. The van der Waals surface area contributed by atoms with Crippen LogP contribution in [0.5, 0.6) is 0 Å². The van der Waals surface area contributed by atoms with E-state index >= 15 is 0 Å². The lowest BCUT2D eigenvalue weighted by Gasteiger charge is -2.10. The number of aryl methyl sites for hydroxylation is 1. The number of terminal acetylenes is 1. The van der Waals surface area contributed by atoms with Gasteiger partial charge in [-0.15, -0.1) is 12.3 Å². The Morgan fingerprint density at radius 1 is 1.30 bits per heavy atom. The third-order valence-corrected chi connectivity index (χ3v) is 4.00. The minimum absolute atomic E-state index is 0.0114. The molecule has 0 spiro atoms. The molecule has 1 N–H and O–H groups in total. The van der Waals surface area contributed by atoms with Crippen LogP contribution in [0.1, 0.15) is 25.7 Å². The van der Waals surface area contributed by atoms with E-state index in [0.717, 1.165) is 17.3 Å². The highest BCUT2D eigenvalue weighted by Crippen LogP contribution is 2.35. The number of nitrogens with one attached hydrogen (secondary N) is 1. The molecule has 0 saturated carbocycles. The smallest absolute Gasteiger partial charge is 0.221 e. The van der Waals surface area contributed by atoms with E-state index in [1.54, 1.807) is 0 Å². The van der Waals surface area contributed by atoms with Gasteiger partial charge in [-0.25, -0.2) is 0 Å². The fourth-order valence-electron chi connectivity index (χ4n) is 2.57. The van der Waals surface area contributed by atoms with Crippen molar-refractivity contribution in [3.05, 3.63) is 30.5 Å². The van der Waals surface area contributed by atoms with Crippen LogP contribution >= 0.6 is 0 Å². The van der Waals surface area contributed by atoms with Gasteiger partial charge in [-0.05, 0) is 6.07 Å². The van der Waals surface area contributed by atoms with Crippen molar-refractivity contribution in [1.29, 1.82) is 0 Å². The molecule has 0 unspecified atom stereocenters. The molecule has 0 aliphatic carbocycles. The predicted molar refractivity (Wildman–Crippen MR) is 87.6 cm³/mol. The van der Waals surface area contributed by atoms with E-state index < -0.39 is 0 Å². The van der Waals surface area contributed by atoms with Crippen LogP contribution < -0.4 is 5.32 Å². The molecule has 118 valence electrons. The Balaban J connectivity index is 1.41. The highest BCUT2D eigenvalue weighted by Gasteiger charge is 2.38. The second-order valence-electron chi connectivity index (χ2n) is 5.66. The number of benzene rings is 1. The fourth-order valence-corrected chi connectivity index (χ4v) is 2.57. The first-order valence-corrected chi connectivity index (χ1v) is 7.77. The van der Waals surface area contributed by atoms with Crippen molar-refractivity contribution in [2.75, 3.05) is 6.54 Å². The zero-order valence-electron chi connectivity index (χ0n) is 12.9. The van der Waals surface area contributed by atoms with Crippen LogP contribution in [-0.2, 0) is 11.3 Å². The van der Waals surface area contributed by atoms with Crippen molar-refractivity contribution in [2.24, 2.45) is 10.2 Å². The number of hydrogen-bond donors (Lipinski definition) is 1. The van der Waals surface area contributed by atoms with E-state index in [1.165, 1.54) is 0 Å². The van der Waals surface area contributed by atoms with Gasteiger partial charge in [-0.3, -0.25) is 9.48 Å². The number of amides is 1. The van der Waals surface area contributed by atoms with Crippen molar-refractivity contribution in [3.8, 4) is 12.3 Å². The van der Waals surface area contributed by atoms with Crippen LogP contribution in [0.25, 0.3) is 10.9 Å². The maximum atomic E-state index is 11.9. The Bertz CT molecular complexity index is 765. The summed E-state index contributed by atoms with van der Waals surface area (Å²) in [5.41, 5.74) is 0.710. The molecule has 2 aromatic rings. The van der Waals surface area contributed by atoms with Crippen LogP contribution in [0, 0.1) is 12.3 Å². The molecular formula is C17H19N5O. The lowest BCUT2D eigenvalue weighted by molar-refractivity contribution is -0.121. The van der Waals surface area contributed by atoms with E-state index in [-0.39, 0.29) is 11.6 Å². The number of aromatic nitrogens is 2. The molecule has 6 nitrogen and oxygen atoms in total. The van der Waals surface area contributed by atoms with Gasteiger partial charge < -0.3 is 5.32 Å². The third-order valence-electron chi connectivity index (χ3n) is 4.00. The number of para-hydroxylation sites is 1. The SMILES string of the molecule is C#CCCC1(CCNC(=O)CCn2ncc3ccccc32)N=N1. The standard InChI is InChI=1S/C17H19N5O/c1-2-3-9-17(20-21-17)10-11-18-16(23)8-12-22-15-7-5-4-6-14(15)13-19-22/h1,4-7,13H,3,8-12H2,(H,18,23). The molecule has 1 aromatic heterocycles. The Morgan fingerprint density at radius 2 is 2.13 bits per heavy atom. The van der Waals surface area contributed by atoms with Crippen LogP contribution in [0.2, 0.25) is 0 Å². The van der Waals surface area contributed by atoms with Crippen molar-refractivity contribution in [1.82, 2.24) is 15.1 Å². The Hall–Kier alpha value is -2.68. The van der Waals surface area contributed by atoms with E-state index in [0.29, 0.717) is 32.4 Å². The molecule has 0 radical (unpaired) electrons. The van der Waals surface area contributed by atoms with Gasteiger partial charge in [0.05, 0.1) is 18.3 Å². The van der Waals surface area contributed by atoms with Gasteiger partial charge in [-0.1, -0.05) is 18.2 Å². The largest absolute Gasteiger partial charge is 0.356 e. The summed E-state index contributed by atoms with van der Waals surface area (Å²) in [7, 11) is 0. The Labute approximate surface area is 135 Å². The molecule has 0 fully saturated rings. The molecule has 1 aliphatic heterocycles. The number of fused-ring (bicyclic) bond motifs is 1. The lowest BCUT2D eigenvalue weighted by atomic mass is 10.0. The Morgan fingerprint density at radius 3 is 2.91 bits per heavy atom. The van der Waals surface area contributed by atoms with E-state index in [9.17, 15) is 4.79 Å². The molecule has 0 bridgehead atoms. The number of carbonyl (C=O) groups is 1. The molecule has 1 aromatic carbocycles. The van der Waals surface area contributed by atoms with Gasteiger partial charge in [0.2, 0.25) is 5.91 Å².